The van der Waals surface area contributed by atoms with Crippen LogP contribution in [0.5, 0.6) is 17.2 Å². The van der Waals surface area contributed by atoms with Gasteiger partial charge < -0.3 is 25.2 Å². The number of nitrogens with zero attached hydrogens (tertiary/aromatic N) is 3. The first kappa shape index (κ1) is 20.3. The summed E-state index contributed by atoms with van der Waals surface area (Å²) < 4.78 is 12.3. The highest BCUT2D eigenvalue weighted by Crippen LogP contribution is 2.38. The van der Waals surface area contributed by atoms with E-state index in [4.69, 9.17) is 9.47 Å². The summed E-state index contributed by atoms with van der Waals surface area (Å²) >= 11 is 0. The van der Waals surface area contributed by atoms with Gasteiger partial charge in [0.2, 0.25) is 5.95 Å². The van der Waals surface area contributed by atoms with Gasteiger partial charge in [0, 0.05) is 11.4 Å². The molecule has 0 radical (unpaired) electrons. The van der Waals surface area contributed by atoms with Crippen molar-refractivity contribution in [3.8, 4) is 17.2 Å². The Morgan fingerprint density at radius 3 is 2.74 bits per heavy atom. The molecule has 1 aliphatic heterocycles. The maximum Gasteiger partial charge on any atom is 0.255 e. The second-order valence-corrected chi connectivity index (χ2v) is 6.94. The number of rotatable bonds is 6. The number of aromatic hydroxyl groups is 1. The van der Waals surface area contributed by atoms with E-state index < -0.39 is 6.04 Å². The zero-order valence-electron chi connectivity index (χ0n) is 17.4. The van der Waals surface area contributed by atoms with Crippen LogP contribution in [0.3, 0.4) is 0 Å². The van der Waals surface area contributed by atoms with Crippen molar-refractivity contribution in [1.29, 1.82) is 0 Å². The molecule has 2 aromatic carbocycles. The number of hydrogen-bond donors (Lipinski definition) is 3. The van der Waals surface area contributed by atoms with Crippen LogP contribution >= 0.6 is 0 Å². The fraction of sp³-hybridized carbons (Fsp3) is 0.227. The van der Waals surface area contributed by atoms with Crippen LogP contribution in [0.4, 0.5) is 11.6 Å². The minimum Gasteiger partial charge on any atom is -0.504 e. The number of fused-ring (bicyclic) bond motifs is 1. The van der Waals surface area contributed by atoms with Crippen molar-refractivity contribution in [2.24, 2.45) is 0 Å². The highest BCUT2D eigenvalue weighted by Gasteiger charge is 2.34. The topological polar surface area (TPSA) is 111 Å². The molecule has 0 saturated heterocycles. The van der Waals surface area contributed by atoms with E-state index in [1.807, 2.05) is 13.8 Å². The molecule has 0 unspecified atom stereocenters. The highest BCUT2D eigenvalue weighted by molar-refractivity contribution is 6.06. The number of phenolic OH excluding ortho intramolecular Hbond substituents is 1. The number of phenols is 1. The predicted molar refractivity (Wildman–Crippen MR) is 115 cm³/mol. The fourth-order valence-electron chi connectivity index (χ4n) is 3.54. The molecule has 3 N–H and O–H groups in total. The van der Waals surface area contributed by atoms with Gasteiger partial charge in [0.1, 0.15) is 18.1 Å². The Balaban J connectivity index is 1.74. The van der Waals surface area contributed by atoms with Crippen LogP contribution < -0.4 is 20.1 Å². The van der Waals surface area contributed by atoms with Crippen molar-refractivity contribution in [2.75, 3.05) is 24.4 Å². The average molecular weight is 421 g/mol. The quantitative estimate of drug-likeness (QED) is 0.560. The van der Waals surface area contributed by atoms with Crippen molar-refractivity contribution in [3.05, 3.63) is 65.6 Å². The predicted octanol–water partition coefficient (Wildman–Crippen LogP) is 3.32. The van der Waals surface area contributed by atoms with Gasteiger partial charge in [-0.05, 0) is 55.8 Å². The summed E-state index contributed by atoms with van der Waals surface area (Å²) in [6.45, 7) is 4.05. The SMILES string of the molecule is CCOc1cc([C@H]2C(C(=O)Nc3ccc(OC)cc3)=C(C)Nc3ncnn32)ccc1O. The monoisotopic (exact) mass is 421 g/mol. The normalized spacial score (nSPS) is 15.1. The Bertz CT molecular complexity index is 1140. The number of nitrogens with one attached hydrogen (secondary N) is 2. The van der Waals surface area contributed by atoms with E-state index >= 15 is 0 Å². The maximum atomic E-state index is 13.3. The smallest absolute Gasteiger partial charge is 0.255 e. The molecule has 2 heterocycles. The first-order valence-electron chi connectivity index (χ1n) is 9.80. The number of benzene rings is 2. The third-order valence-electron chi connectivity index (χ3n) is 4.99. The van der Waals surface area contributed by atoms with Crippen LogP contribution in [0, 0.1) is 0 Å². The van der Waals surface area contributed by atoms with Crippen molar-refractivity contribution >= 4 is 17.5 Å². The van der Waals surface area contributed by atoms with Gasteiger partial charge in [-0.3, -0.25) is 4.79 Å². The summed E-state index contributed by atoms with van der Waals surface area (Å²) in [4.78, 5) is 17.6. The number of allylic oxidation sites excluding steroid dienone is 1. The first-order chi connectivity index (χ1) is 15.0. The minimum absolute atomic E-state index is 0.0308. The Kier molecular flexibility index (Phi) is 5.48. The lowest BCUT2D eigenvalue weighted by Crippen LogP contribution is -2.31. The largest absolute Gasteiger partial charge is 0.504 e. The van der Waals surface area contributed by atoms with Crippen LogP contribution in [-0.4, -0.2) is 39.5 Å². The molecule has 0 saturated carbocycles. The van der Waals surface area contributed by atoms with Gasteiger partial charge in [-0.1, -0.05) is 6.07 Å². The van der Waals surface area contributed by atoms with E-state index in [2.05, 4.69) is 20.7 Å². The molecular weight excluding hydrogens is 398 g/mol. The third kappa shape index (κ3) is 3.89. The van der Waals surface area contributed by atoms with Gasteiger partial charge in [-0.15, -0.1) is 0 Å². The average Bonchev–Trinajstić information content (AvgIpc) is 3.23. The van der Waals surface area contributed by atoms with Crippen molar-refractivity contribution in [3.63, 3.8) is 0 Å². The second kappa shape index (κ2) is 8.39. The molecule has 1 atom stereocenters. The molecule has 1 amide bonds. The number of aromatic nitrogens is 3. The van der Waals surface area contributed by atoms with Crippen molar-refractivity contribution in [1.82, 2.24) is 14.8 Å². The zero-order valence-corrected chi connectivity index (χ0v) is 17.4. The van der Waals surface area contributed by atoms with E-state index in [0.29, 0.717) is 41.0 Å². The molecule has 0 fully saturated rings. The number of methoxy groups -OCH3 is 1. The third-order valence-corrected chi connectivity index (χ3v) is 4.99. The number of amides is 1. The molecule has 0 aliphatic carbocycles. The Hall–Kier alpha value is -4.01. The fourth-order valence-corrected chi connectivity index (χ4v) is 3.54. The van der Waals surface area contributed by atoms with E-state index in [-0.39, 0.29) is 11.7 Å². The van der Waals surface area contributed by atoms with Gasteiger partial charge in [-0.2, -0.15) is 10.1 Å². The lowest BCUT2D eigenvalue weighted by atomic mass is 9.94. The molecular formula is C22H23N5O4. The summed E-state index contributed by atoms with van der Waals surface area (Å²) in [6.07, 6.45) is 1.43. The Morgan fingerprint density at radius 2 is 2.03 bits per heavy atom. The molecule has 1 aromatic heterocycles. The second-order valence-electron chi connectivity index (χ2n) is 6.94. The van der Waals surface area contributed by atoms with E-state index in [1.54, 1.807) is 54.3 Å². The molecule has 3 aromatic rings. The minimum atomic E-state index is -0.559. The highest BCUT2D eigenvalue weighted by atomic mass is 16.5. The van der Waals surface area contributed by atoms with Crippen LogP contribution in [0.25, 0.3) is 0 Å². The number of carbonyl (C=O) groups excluding carboxylic acids is 1. The molecule has 0 bridgehead atoms. The molecule has 9 nitrogen and oxygen atoms in total. The van der Waals surface area contributed by atoms with Crippen LogP contribution in [0.2, 0.25) is 0 Å². The Labute approximate surface area is 179 Å². The van der Waals surface area contributed by atoms with Gasteiger partial charge in [-0.25, -0.2) is 4.68 Å². The summed E-state index contributed by atoms with van der Waals surface area (Å²) in [5, 5.41) is 20.5. The van der Waals surface area contributed by atoms with Crippen LogP contribution in [0.1, 0.15) is 25.5 Å². The molecule has 4 rings (SSSR count). The van der Waals surface area contributed by atoms with Gasteiger partial charge in [0.25, 0.3) is 5.91 Å². The number of hydrogen-bond acceptors (Lipinski definition) is 7. The number of anilines is 2. The maximum absolute atomic E-state index is 13.3. The van der Waals surface area contributed by atoms with Crippen LogP contribution in [-0.2, 0) is 4.79 Å². The van der Waals surface area contributed by atoms with Gasteiger partial charge >= 0.3 is 0 Å². The standard InChI is InChI=1S/C22H23N5O4/c1-4-31-18-11-14(5-10-17(18)28)20-19(13(2)25-22-23-12-24-27(20)22)21(29)26-15-6-8-16(30-3)9-7-15/h5-12,20,28H,4H2,1-3H3,(H,26,29)(H,23,24,25)/t20-/m0/s1. The molecule has 0 spiro atoms. The van der Waals surface area contributed by atoms with Crippen molar-refractivity contribution in [2.45, 2.75) is 19.9 Å². The van der Waals surface area contributed by atoms with E-state index in [9.17, 15) is 9.90 Å². The van der Waals surface area contributed by atoms with E-state index in [0.717, 1.165) is 5.56 Å². The summed E-state index contributed by atoms with van der Waals surface area (Å²) in [6, 6.07) is 11.5. The summed E-state index contributed by atoms with van der Waals surface area (Å²) in [5.74, 6) is 1.31. The van der Waals surface area contributed by atoms with Crippen molar-refractivity contribution < 1.29 is 19.4 Å². The van der Waals surface area contributed by atoms with E-state index in [1.165, 1.54) is 6.33 Å². The first-order valence-corrected chi connectivity index (χ1v) is 9.80. The number of carbonyl (C=O) groups is 1. The summed E-state index contributed by atoms with van der Waals surface area (Å²) in [7, 11) is 1.59. The number of ether oxygens (including phenoxy) is 2. The van der Waals surface area contributed by atoms with Gasteiger partial charge in [0.05, 0.1) is 19.3 Å². The van der Waals surface area contributed by atoms with Crippen LogP contribution in [0.15, 0.2) is 60.1 Å². The molecule has 31 heavy (non-hydrogen) atoms. The zero-order chi connectivity index (χ0) is 22.0. The lowest BCUT2D eigenvalue weighted by molar-refractivity contribution is -0.113. The van der Waals surface area contributed by atoms with Gasteiger partial charge in [0.15, 0.2) is 11.5 Å². The molecule has 9 heteroatoms. The Morgan fingerprint density at radius 1 is 1.26 bits per heavy atom. The molecule has 1 aliphatic rings. The molecule has 160 valence electrons. The lowest BCUT2D eigenvalue weighted by Gasteiger charge is -2.29. The summed E-state index contributed by atoms with van der Waals surface area (Å²) in [5.41, 5.74) is 2.49.